The molecule has 3 heteroatoms. The molecule has 52 valence electrons. The van der Waals surface area contributed by atoms with E-state index >= 15 is 0 Å². The van der Waals surface area contributed by atoms with E-state index in [1.807, 2.05) is 6.92 Å². The Hall–Kier alpha value is -0.570. The molecular weight excluding hydrogens is 118 g/mol. The van der Waals surface area contributed by atoms with Crippen LogP contribution in [0.3, 0.4) is 0 Å². The van der Waals surface area contributed by atoms with Gasteiger partial charge in [0.15, 0.2) is 0 Å². The van der Waals surface area contributed by atoms with Crippen LogP contribution in [-0.2, 0) is 4.79 Å². The van der Waals surface area contributed by atoms with Crippen LogP contribution in [0.1, 0.15) is 13.3 Å². The van der Waals surface area contributed by atoms with Crippen LogP contribution in [0.5, 0.6) is 0 Å². The van der Waals surface area contributed by atoms with E-state index in [2.05, 4.69) is 5.32 Å². The molecule has 1 heterocycles. The van der Waals surface area contributed by atoms with Crippen molar-refractivity contribution in [1.29, 1.82) is 0 Å². The molecule has 0 saturated carbocycles. The van der Waals surface area contributed by atoms with Crippen LogP contribution < -0.4 is 5.32 Å². The number of carboxylic acids is 1. The summed E-state index contributed by atoms with van der Waals surface area (Å²) in [5.41, 5.74) is 0. The standard InChI is InChI=1S/C6H11NO2/c1-4-2-5(3-7-4)6(8)9/h4-5,7H,2-3H2,1H3,(H,8,9)/t4-,5-/m0/s1. The van der Waals surface area contributed by atoms with E-state index in [4.69, 9.17) is 5.11 Å². The van der Waals surface area contributed by atoms with Crippen molar-refractivity contribution in [3.63, 3.8) is 0 Å². The Balaban J connectivity index is 2.39. The SMILES string of the molecule is C[C@H]1C[C@H](C(=O)O)CN1. The van der Waals surface area contributed by atoms with Gasteiger partial charge in [0, 0.05) is 12.6 Å². The van der Waals surface area contributed by atoms with Crippen LogP contribution in [0.4, 0.5) is 0 Å². The van der Waals surface area contributed by atoms with Gasteiger partial charge in [0.25, 0.3) is 0 Å². The normalized spacial score (nSPS) is 34.8. The van der Waals surface area contributed by atoms with Gasteiger partial charge in [0.05, 0.1) is 5.92 Å². The first-order chi connectivity index (χ1) is 4.20. The van der Waals surface area contributed by atoms with E-state index in [1.165, 1.54) is 0 Å². The van der Waals surface area contributed by atoms with Gasteiger partial charge in [-0.15, -0.1) is 0 Å². The Labute approximate surface area is 54.1 Å². The highest BCUT2D eigenvalue weighted by atomic mass is 16.4. The third kappa shape index (κ3) is 1.42. The molecule has 1 fully saturated rings. The minimum absolute atomic E-state index is 0.153. The zero-order chi connectivity index (χ0) is 6.85. The van der Waals surface area contributed by atoms with Gasteiger partial charge in [-0.1, -0.05) is 0 Å². The number of hydrogen-bond donors (Lipinski definition) is 2. The van der Waals surface area contributed by atoms with Crippen LogP contribution in [0.25, 0.3) is 0 Å². The van der Waals surface area contributed by atoms with Gasteiger partial charge in [-0.05, 0) is 13.3 Å². The summed E-state index contributed by atoms with van der Waals surface area (Å²) >= 11 is 0. The summed E-state index contributed by atoms with van der Waals surface area (Å²) in [6.45, 7) is 2.64. The van der Waals surface area contributed by atoms with Gasteiger partial charge in [0.2, 0.25) is 0 Å². The topological polar surface area (TPSA) is 49.3 Å². The lowest BCUT2D eigenvalue weighted by atomic mass is 10.1. The van der Waals surface area contributed by atoms with Crippen LogP contribution in [-0.4, -0.2) is 23.7 Å². The monoisotopic (exact) mass is 129 g/mol. The lowest BCUT2D eigenvalue weighted by Crippen LogP contribution is -2.18. The molecule has 1 aliphatic rings. The van der Waals surface area contributed by atoms with Crippen LogP contribution in [0.15, 0.2) is 0 Å². The van der Waals surface area contributed by atoms with Crippen LogP contribution in [0.2, 0.25) is 0 Å². The third-order valence-corrected chi connectivity index (χ3v) is 1.70. The quantitative estimate of drug-likeness (QED) is 0.526. The lowest BCUT2D eigenvalue weighted by molar-refractivity contribution is -0.141. The molecule has 1 saturated heterocycles. The summed E-state index contributed by atoms with van der Waals surface area (Å²) < 4.78 is 0. The minimum Gasteiger partial charge on any atom is -0.481 e. The Bertz CT molecular complexity index is 124. The van der Waals surface area contributed by atoms with E-state index in [1.54, 1.807) is 0 Å². The molecule has 1 rings (SSSR count). The Morgan fingerprint density at radius 3 is 2.67 bits per heavy atom. The van der Waals surface area contributed by atoms with Gasteiger partial charge >= 0.3 is 5.97 Å². The fraction of sp³-hybridized carbons (Fsp3) is 0.833. The second-order valence-electron chi connectivity index (χ2n) is 2.58. The Morgan fingerprint density at radius 1 is 1.78 bits per heavy atom. The number of rotatable bonds is 1. The lowest BCUT2D eigenvalue weighted by Gasteiger charge is -1.98. The van der Waals surface area contributed by atoms with Gasteiger partial charge in [0.1, 0.15) is 0 Å². The first kappa shape index (κ1) is 6.55. The van der Waals surface area contributed by atoms with Crippen molar-refractivity contribution < 1.29 is 9.90 Å². The fourth-order valence-corrected chi connectivity index (χ4v) is 1.13. The summed E-state index contributed by atoms with van der Waals surface area (Å²) in [6.07, 6.45) is 0.773. The highest BCUT2D eigenvalue weighted by Gasteiger charge is 2.25. The molecule has 0 aromatic rings. The van der Waals surface area contributed by atoms with E-state index in [9.17, 15) is 4.79 Å². The maximum Gasteiger partial charge on any atom is 0.307 e. The molecule has 0 aromatic carbocycles. The van der Waals surface area contributed by atoms with Crippen LogP contribution >= 0.6 is 0 Å². The Morgan fingerprint density at radius 2 is 2.44 bits per heavy atom. The first-order valence-corrected chi connectivity index (χ1v) is 3.16. The van der Waals surface area contributed by atoms with Crippen molar-refractivity contribution >= 4 is 5.97 Å². The average Bonchev–Trinajstić information content (AvgIpc) is 2.14. The molecule has 9 heavy (non-hydrogen) atoms. The number of hydrogen-bond acceptors (Lipinski definition) is 2. The molecule has 0 aromatic heterocycles. The minimum atomic E-state index is -0.674. The van der Waals surface area contributed by atoms with Crippen molar-refractivity contribution in [2.24, 2.45) is 5.92 Å². The molecule has 0 amide bonds. The number of carboxylic acid groups (broad SMARTS) is 1. The van der Waals surface area contributed by atoms with Gasteiger partial charge in [-0.25, -0.2) is 0 Å². The summed E-state index contributed by atoms with van der Waals surface area (Å²) in [5, 5.41) is 11.6. The largest absolute Gasteiger partial charge is 0.481 e. The second-order valence-corrected chi connectivity index (χ2v) is 2.58. The number of carbonyl (C=O) groups is 1. The molecule has 2 N–H and O–H groups in total. The smallest absolute Gasteiger partial charge is 0.307 e. The zero-order valence-electron chi connectivity index (χ0n) is 5.42. The van der Waals surface area contributed by atoms with Crippen molar-refractivity contribution in [2.75, 3.05) is 6.54 Å². The van der Waals surface area contributed by atoms with Crippen molar-refractivity contribution in [3.05, 3.63) is 0 Å². The summed E-state index contributed by atoms with van der Waals surface area (Å²) in [5.74, 6) is -0.827. The van der Waals surface area contributed by atoms with E-state index in [-0.39, 0.29) is 5.92 Å². The summed E-state index contributed by atoms with van der Waals surface area (Å²) in [6, 6.07) is 0.381. The third-order valence-electron chi connectivity index (χ3n) is 1.70. The number of aliphatic carboxylic acids is 1. The molecule has 0 radical (unpaired) electrons. The zero-order valence-corrected chi connectivity index (χ0v) is 5.42. The summed E-state index contributed by atoms with van der Waals surface area (Å²) in [4.78, 5) is 10.3. The molecule has 2 atom stereocenters. The fourth-order valence-electron chi connectivity index (χ4n) is 1.13. The predicted molar refractivity (Wildman–Crippen MR) is 33.2 cm³/mol. The maximum absolute atomic E-state index is 10.3. The number of nitrogens with one attached hydrogen (secondary N) is 1. The first-order valence-electron chi connectivity index (χ1n) is 3.16. The molecule has 0 bridgehead atoms. The summed E-state index contributed by atoms with van der Waals surface area (Å²) in [7, 11) is 0. The molecule has 0 aliphatic carbocycles. The molecule has 1 aliphatic heterocycles. The highest BCUT2D eigenvalue weighted by Crippen LogP contribution is 2.12. The highest BCUT2D eigenvalue weighted by molar-refractivity contribution is 5.70. The van der Waals surface area contributed by atoms with Gasteiger partial charge < -0.3 is 10.4 Å². The van der Waals surface area contributed by atoms with Crippen molar-refractivity contribution in [2.45, 2.75) is 19.4 Å². The van der Waals surface area contributed by atoms with Crippen molar-refractivity contribution in [1.82, 2.24) is 5.32 Å². The molecule has 0 unspecified atom stereocenters. The maximum atomic E-state index is 10.3. The predicted octanol–water partition coefficient (Wildman–Crippen LogP) is 0.0690. The molecular formula is C6H11NO2. The second kappa shape index (κ2) is 2.35. The molecule has 3 nitrogen and oxygen atoms in total. The average molecular weight is 129 g/mol. The van der Waals surface area contributed by atoms with Gasteiger partial charge in [-0.2, -0.15) is 0 Å². The van der Waals surface area contributed by atoms with Gasteiger partial charge in [-0.3, -0.25) is 4.79 Å². The molecule has 0 spiro atoms. The van der Waals surface area contributed by atoms with Crippen LogP contribution in [0, 0.1) is 5.92 Å². The van der Waals surface area contributed by atoms with Crippen molar-refractivity contribution in [3.8, 4) is 0 Å². The van der Waals surface area contributed by atoms with E-state index in [0.29, 0.717) is 12.6 Å². The Kier molecular flexibility index (Phi) is 1.71. The van der Waals surface area contributed by atoms with E-state index < -0.39 is 5.97 Å². The van der Waals surface area contributed by atoms with E-state index in [0.717, 1.165) is 6.42 Å².